The van der Waals surface area contributed by atoms with Gasteiger partial charge in [0.15, 0.2) is 18.3 Å². The van der Waals surface area contributed by atoms with E-state index in [1.54, 1.807) is 27.7 Å². The zero-order chi connectivity index (χ0) is 32.4. The van der Waals surface area contributed by atoms with E-state index in [9.17, 15) is 37.5 Å². The van der Waals surface area contributed by atoms with Crippen LogP contribution in [0.3, 0.4) is 0 Å². The molecule has 240 valence electrons. The second kappa shape index (κ2) is 13.6. The highest BCUT2D eigenvalue weighted by Gasteiger charge is 2.71. The number of alkyl halides is 4. The quantitative estimate of drug-likeness (QED) is 0.137. The van der Waals surface area contributed by atoms with Gasteiger partial charge in [0.05, 0.1) is 25.0 Å². The van der Waals surface area contributed by atoms with Gasteiger partial charge in [-0.1, -0.05) is 0 Å². The Labute approximate surface area is 241 Å². The van der Waals surface area contributed by atoms with Gasteiger partial charge in [-0.15, -0.1) is 0 Å². The van der Waals surface area contributed by atoms with E-state index in [2.05, 4.69) is 10.2 Å². The Bertz CT molecular complexity index is 1280. The molecule has 4 N–H and O–H groups in total. The van der Waals surface area contributed by atoms with E-state index < -0.39 is 96.8 Å². The molecule has 1 saturated heterocycles. The molecule has 1 aliphatic rings. The fraction of sp³-hybridized carbons (Fsp3) is 0.727. The number of aromatic amines is 1. The van der Waals surface area contributed by atoms with Crippen molar-refractivity contribution in [3.8, 4) is 0 Å². The molecular weight excluding hydrogens is 622 g/mol. The van der Waals surface area contributed by atoms with E-state index in [1.165, 1.54) is 18.8 Å². The number of hydrogen-bond acceptors (Lipinski definition) is 10. The Hall–Kier alpha value is -2.28. The first kappa shape index (κ1) is 35.9. The Balaban J connectivity index is 2.48. The number of H-pyrrole nitrogens is 1. The highest BCUT2D eigenvalue weighted by Crippen LogP contribution is 2.52. The van der Waals surface area contributed by atoms with Crippen LogP contribution in [0.2, 0.25) is 0 Å². The number of carbonyl (C=O) groups excluding carboxylic acids is 2. The van der Waals surface area contributed by atoms with Gasteiger partial charge in [0.2, 0.25) is 12.0 Å². The maximum absolute atomic E-state index is 15.1. The predicted molar refractivity (Wildman–Crippen MR) is 139 cm³/mol. The van der Waals surface area contributed by atoms with Gasteiger partial charge in [0.25, 0.3) is 12.0 Å². The van der Waals surface area contributed by atoms with Crippen LogP contribution in [0.25, 0.3) is 0 Å². The van der Waals surface area contributed by atoms with Gasteiger partial charge in [-0.3, -0.25) is 23.9 Å². The van der Waals surface area contributed by atoms with Gasteiger partial charge in [-0.25, -0.2) is 23.7 Å². The lowest BCUT2D eigenvalue weighted by molar-refractivity contribution is -0.192. The fourth-order valence-electron chi connectivity index (χ4n) is 3.62. The summed E-state index contributed by atoms with van der Waals surface area (Å²) in [6.45, 7) is 3.05. The smallest absolute Gasteiger partial charge is 0.330 e. The van der Waals surface area contributed by atoms with Crippen LogP contribution in [-0.4, -0.2) is 81.5 Å². The standard InChI is InChI=1S/C22H32F5N4O9PS/c1-9(2)38-15(33)11(5)29-41(42,30-12(6)16(34)39-10(3)4)37-8-21(18(24)25)17(35)22(26,27)19(40-21)31-7-13(23)14(32)28-20(31)36/h7,9-12,17-19,35H,8H2,1-6H3,(H,28,32,36)(H2,29,30,42). The van der Waals surface area contributed by atoms with E-state index >= 15 is 8.78 Å². The summed E-state index contributed by atoms with van der Waals surface area (Å²) in [7, 11) is 0. The van der Waals surface area contributed by atoms with Crippen molar-refractivity contribution in [1.29, 1.82) is 0 Å². The molecule has 20 heteroatoms. The third kappa shape index (κ3) is 8.00. The summed E-state index contributed by atoms with van der Waals surface area (Å²) in [5.41, 5.74) is -6.81. The summed E-state index contributed by atoms with van der Waals surface area (Å²) in [5.74, 6) is -8.12. The monoisotopic (exact) mass is 654 g/mol. The average molecular weight is 655 g/mol. The van der Waals surface area contributed by atoms with Crippen molar-refractivity contribution in [3.05, 3.63) is 32.9 Å². The van der Waals surface area contributed by atoms with Gasteiger partial charge in [0.1, 0.15) is 12.1 Å². The number of halogens is 5. The molecule has 1 fully saturated rings. The minimum atomic E-state index is -4.67. The molecule has 0 aliphatic carbocycles. The van der Waals surface area contributed by atoms with Gasteiger partial charge < -0.3 is 23.8 Å². The van der Waals surface area contributed by atoms with Gasteiger partial charge in [-0.05, 0) is 53.3 Å². The van der Waals surface area contributed by atoms with Crippen molar-refractivity contribution in [2.24, 2.45) is 0 Å². The van der Waals surface area contributed by atoms with Crippen LogP contribution >= 0.6 is 6.57 Å². The minimum Gasteiger partial charge on any atom is -0.462 e. The SMILES string of the molecule is CC(C)OC(=O)C(C)NP(=S)(NC(C)C(=O)OC(C)C)OCC1(C(F)F)OC(n2cc(F)c(=O)[nH]c2=O)C(F)(F)C1O. The summed E-state index contributed by atoms with van der Waals surface area (Å²) in [6.07, 6.45) is -11.5. The van der Waals surface area contributed by atoms with Gasteiger partial charge in [-0.2, -0.15) is 13.2 Å². The third-order valence-corrected chi connectivity index (χ3v) is 8.54. The lowest BCUT2D eigenvalue weighted by atomic mass is 9.96. The van der Waals surface area contributed by atoms with Gasteiger partial charge >= 0.3 is 23.6 Å². The summed E-state index contributed by atoms with van der Waals surface area (Å²) in [6, 6.07) is -2.57. The Morgan fingerprint density at radius 2 is 1.57 bits per heavy atom. The summed E-state index contributed by atoms with van der Waals surface area (Å²) in [4.78, 5) is 49.6. The molecule has 0 bridgehead atoms. The summed E-state index contributed by atoms with van der Waals surface area (Å²) >= 11 is 5.40. The van der Waals surface area contributed by atoms with Crippen molar-refractivity contribution in [2.75, 3.05) is 6.61 Å². The maximum Gasteiger partial charge on any atom is 0.330 e. The molecule has 2 heterocycles. The number of rotatable bonds is 13. The molecule has 0 spiro atoms. The zero-order valence-corrected chi connectivity index (χ0v) is 24.9. The molecule has 1 aliphatic heterocycles. The number of aliphatic hydroxyl groups is 1. The second-order valence-corrected chi connectivity index (χ2v) is 13.4. The average Bonchev–Trinajstić information content (AvgIpc) is 3.05. The highest BCUT2D eigenvalue weighted by molar-refractivity contribution is 8.10. The molecule has 0 amide bonds. The number of hydrogen-bond donors (Lipinski definition) is 4. The Morgan fingerprint density at radius 3 is 2.00 bits per heavy atom. The fourth-order valence-corrected chi connectivity index (χ4v) is 6.57. The zero-order valence-electron chi connectivity index (χ0n) is 23.2. The molecule has 42 heavy (non-hydrogen) atoms. The van der Waals surface area contributed by atoms with E-state index in [4.69, 9.17) is 30.5 Å². The first-order valence-electron chi connectivity index (χ1n) is 12.4. The van der Waals surface area contributed by atoms with Crippen LogP contribution < -0.4 is 21.4 Å². The first-order chi connectivity index (χ1) is 19.2. The molecule has 0 aromatic carbocycles. The molecule has 2 rings (SSSR count). The lowest BCUT2D eigenvalue weighted by Gasteiger charge is -2.35. The molecule has 5 unspecified atom stereocenters. The molecular formula is C22H32F5N4O9PS. The lowest BCUT2D eigenvalue weighted by Crippen LogP contribution is -2.55. The summed E-state index contributed by atoms with van der Waals surface area (Å²) < 4.78 is 93.1. The van der Waals surface area contributed by atoms with Crippen molar-refractivity contribution < 1.29 is 55.4 Å². The molecule has 1 aromatic heterocycles. The Morgan fingerprint density at radius 1 is 1.10 bits per heavy atom. The molecule has 0 saturated carbocycles. The molecule has 5 atom stereocenters. The molecule has 13 nitrogen and oxygen atoms in total. The van der Waals surface area contributed by atoms with Crippen LogP contribution in [0.1, 0.15) is 47.8 Å². The minimum absolute atomic E-state index is 0.00634. The maximum atomic E-state index is 15.1. The van der Waals surface area contributed by atoms with E-state index in [-0.39, 0.29) is 10.8 Å². The Kier molecular flexibility index (Phi) is 11.6. The number of nitrogens with zero attached hydrogens (tertiary/aromatic N) is 1. The highest BCUT2D eigenvalue weighted by atomic mass is 32.4. The van der Waals surface area contributed by atoms with Crippen molar-refractivity contribution in [2.45, 2.75) is 96.1 Å². The number of aromatic nitrogens is 2. The van der Waals surface area contributed by atoms with Crippen LogP contribution in [0.4, 0.5) is 22.0 Å². The van der Waals surface area contributed by atoms with Crippen LogP contribution in [0, 0.1) is 5.82 Å². The van der Waals surface area contributed by atoms with Crippen molar-refractivity contribution in [1.82, 2.24) is 19.7 Å². The topological polar surface area (TPSA) is 170 Å². The van der Waals surface area contributed by atoms with Crippen LogP contribution in [0.5, 0.6) is 0 Å². The van der Waals surface area contributed by atoms with Crippen molar-refractivity contribution in [3.63, 3.8) is 0 Å². The number of aliphatic hydroxyl groups excluding tert-OH is 1. The largest absolute Gasteiger partial charge is 0.462 e. The van der Waals surface area contributed by atoms with Crippen molar-refractivity contribution >= 4 is 30.3 Å². The van der Waals surface area contributed by atoms with Crippen LogP contribution in [-0.2, 0) is 40.1 Å². The van der Waals surface area contributed by atoms with E-state index in [0.717, 1.165) is 0 Å². The number of carbonyl (C=O) groups is 2. The van der Waals surface area contributed by atoms with E-state index in [0.29, 0.717) is 0 Å². The van der Waals surface area contributed by atoms with Gasteiger partial charge in [0, 0.05) is 0 Å². The summed E-state index contributed by atoms with van der Waals surface area (Å²) in [5, 5.41) is 15.4. The first-order valence-corrected chi connectivity index (χ1v) is 15.1. The van der Waals surface area contributed by atoms with E-state index in [1.807, 2.05) is 0 Å². The third-order valence-electron chi connectivity index (χ3n) is 5.64. The number of nitrogens with one attached hydrogen (secondary N) is 3. The second-order valence-electron chi connectivity index (χ2n) is 9.94. The normalized spacial score (nSPS) is 24.9. The predicted octanol–water partition coefficient (Wildman–Crippen LogP) is 1.31. The van der Waals surface area contributed by atoms with Crippen LogP contribution in [0.15, 0.2) is 15.8 Å². The molecule has 1 aromatic rings. The molecule has 0 radical (unpaired) electrons. The number of esters is 2. The number of ether oxygens (including phenoxy) is 3.